The van der Waals surface area contributed by atoms with Crippen LogP contribution in [0, 0.1) is 11.2 Å². The molecule has 6 nitrogen and oxygen atoms in total. The molecule has 188 valence electrons. The van der Waals surface area contributed by atoms with Crippen LogP contribution in [0.25, 0.3) is 5.57 Å². The summed E-state index contributed by atoms with van der Waals surface area (Å²) in [5.74, 6) is 0.0859. The quantitative estimate of drug-likeness (QED) is 0.632. The lowest BCUT2D eigenvalue weighted by Gasteiger charge is -2.38. The van der Waals surface area contributed by atoms with Gasteiger partial charge in [-0.3, -0.25) is 9.52 Å². The third kappa shape index (κ3) is 5.43. The van der Waals surface area contributed by atoms with Crippen molar-refractivity contribution in [2.24, 2.45) is 5.41 Å². The average Bonchev–Trinajstić information content (AvgIpc) is 2.98. The Morgan fingerprint density at radius 1 is 1.09 bits per heavy atom. The topological polar surface area (TPSA) is 75.7 Å². The highest BCUT2D eigenvalue weighted by atomic mass is 32.2. The molecule has 1 fully saturated rings. The standard InChI is InChI=1S/C27H33FN2O4S/c1-4-27(5-2,26(31)29-35(3,32)33)18-30-14-12-19(13-15-30)25-22-11-10-21(28)16-20(22)17-34-24-9-7-6-8-23(24)25/h6-11,16H,4-5,12-15,17-18H2,1-3H3,(H,29,31). The maximum absolute atomic E-state index is 14.0. The Morgan fingerprint density at radius 3 is 2.43 bits per heavy atom. The normalized spacial score (nSPS) is 16.7. The molecule has 0 bridgehead atoms. The first-order valence-corrected chi connectivity index (χ1v) is 14.0. The van der Waals surface area contributed by atoms with Gasteiger partial charge in [-0.15, -0.1) is 0 Å². The summed E-state index contributed by atoms with van der Waals surface area (Å²) < 4.78 is 45.6. The monoisotopic (exact) mass is 500 g/mol. The minimum atomic E-state index is -3.62. The van der Waals surface area contributed by atoms with E-state index in [9.17, 15) is 17.6 Å². The first kappa shape index (κ1) is 25.4. The Morgan fingerprint density at radius 2 is 1.77 bits per heavy atom. The van der Waals surface area contributed by atoms with Crippen LogP contribution in [-0.4, -0.2) is 45.1 Å². The molecule has 1 N–H and O–H groups in total. The predicted molar refractivity (Wildman–Crippen MR) is 135 cm³/mol. The van der Waals surface area contributed by atoms with Crippen molar-refractivity contribution in [3.05, 3.63) is 70.5 Å². The first-order chi connectivity index (χ1) is 16.7. The number of hydrogen-bond acceptors (Lipinski definition) is 5. The average molecular weight is 501 g/mol. The molecule has 2 heterocycles. The number of rotatable bonds is 6. The molecule has 2 aromatic carbocycles. The van der Waals surface area contributed by atoms with E-state index in [4.69, 9.17) is 4.74 Å². The molecule has 0 aromatic heterocycles. The molecule has 0 saturated carbocycles. The molecule has 2 aliphatic rings. The van der Waals surface area contributed by atoms with Crippen LogP contribution in [0.2, 0.25) is 0 Å². The Bertz CT molecular complexity index is 1240. The van der Waals surface area contributed by atoms with Crippen molar-refractivity contribution in [1.82, 2.24) is 9.62 Å². The molecular weight excluding hydrogens is 467 g/mol. The van der Waals surface area contributed by atoms with Crippen LogP contribution in [0.1, 0.15) is 56.2 Å². The Hall–Kier alpha value is -2.71. The van der Waals surface area contributed by atoms with Crippen LogP contribution in [-0.2, 0) is 21.4 Å². The minimum absolute atomic E-state index is 0.277. The number of hydrogen-bond donors (Lipinski definition) is 1. The van der Waals surface area contributed by atoms with Gasteiger partial charge >= 0.3 is 0 Å². The van der Waals surface area contributed by atoms with E-state index >= 15 is 0 Å². The van der Waals surface area contributed by atoms with Crippen molar-refractivity contribution in [1.29, 1.82) is 0 Å². The highest BCUT2D eigenvalue weighted by Crippen LogP contribution is 2.41. The second-order valence-corrected chi connectivity index (χ2v) is 11.3. The van der Waals surface area contributed by atoms with Gasteiger partial charge in [-0.25, -0.2) is 12.8 Å². The fraction of sp³-hybridized carbons (Fsp3) is 0.444. The van der Waals surface area contributed by atoms with Gasteiger partial charge in [-0.2, -0.15) is 0 Å². The molecule has 0 unspecified atom stereocenters. The molecule has 8 heteroatoms. The molecule has 4 rings (SSSR count). The highest BCUT2D eigenvalue weighted by Gasteiger charge is 2.38. The number of carbonyl (C=O) groups excluding carboxylic acids is 1. The summed E-state index contributed by atoms with van der Waals surface area (Å²) in [6.07, 6.45) is 3.73. The van der Waals surface area contributed by atoms with E-state index in [1.807, 2.05) is 38.1 Å². The Kier molecular flexibility index (Phi) is 7.33. The van der Waals surface area contributed by atoms with E-state index in [1.165, 1.54) is 11.6 Å². The van der Waals surface area contributed by atoms with Gasteiger partial charge in [0.25, 0.3) is 0 Å². The number of ether oxygens (including phenoxy) is 1. The van der Waals surface area contributed by atoms with Gasteiger partial charge in [0.2, 0.25) is 15.9 Å². The third-order valence-electron chi connectivity index (χ3n) is 7.33. The zero-order chi connectivity index (χ0) is 25.2. The summed E-state index contributed by atoms with van der Waals surface area (Å²) in [5.41, 5.74) is 4.49. The lowest BCUT2D eigenvalue weighted by molar-refractivity contribution is -0.131. The van der Waals surface area contributed by atoms with Crippen molar-refractivity contribution in [3.63, 3.8) is 0 Å². The van der Waals surface area contributed by atoms with Gasteiger partial charge < -0.3 is 9.64 Å². The van der Waals surface area contributed by atoms with E-state index in [0.29, 0.717) is 26.0 Å². The molecule has 0 radical (unpaired) electrons. The number of likely N-dealkylation sites (tertiary alicyclic amines) is 1. The molecule has 35 heavy (non-hydrogen) atoms. The molecule has 0 aliphatic carbocycles. The first-order valence-electron chi connectivity index (χ1n) is 12.1. The number of benzene rings is 2. The van der Waals surface area contributed by atoms with Crippen LogP contribution in [0.3, 0.4) is 0 Å². The van der Waals surface area contributed by atoms with Crippen LogP contribution in [0.15, 0.2) is 48.0 Å². The number of nitrogens with one attached hydrogen (secondary N) is 1. The van der Waals surface area contributed by atoms with Gasteiger partial charge in [0, 0.05) is 30.8 Å². The van der Waals surface area contributed by atoms with Gasteiger partial charge in [0.1, 0.15) is 18.2 Å². The molecule has 0 atom stereocenters. The maximum atomic E-state index is 14.0. The van der Waals surface area contributed by atoms with Crippen molar-refractivity contribution in [2.75, 3.05) is 25.9 Å². The molecule has 2 aliphatic heterocycles. The summed E-state index contributed by atoms with van der Waals surface area (Å²) in [7, 11) is -3.62. The number of sulfonamides is 1. The zero-order valence-electron chi connectivity index (χ0n) is 20.6. The summed E-state index contributed by atoms with van der Waals surface area (Å²) in [4.78, 5) is 15.2. The molecular formula is C27H33FN2O4S. The van der Waals surface area contributed by atoms with Gasteiger partial charge in [0.15, 0.2) is 0 Å². The summed E-state index contributed by atoms with van der Waals surface area (Å²) in [6.45, 7) is 6.20. The minimum Gasteiger partial charge on any atom is -0.488 e. The van der Waals surface area contributed by atoms with Gasteiger partial charge in [0.05, 0.1) is 11.7 Å². The highest BCUT2D eigenvalue weighted by molar-refractivity contribution is 7.89. The van der Waals surface area contributed by atoms with Crippen molar-refractivity contribution in [2.45, 2.75) is 46.1 Å². The lowest BCUT2D eigenvalue weighted by Crippen LogP contribution is -2.50. The number of para-hydroxylation sites is 1. The maximum Gasteiger partial charge on any atom is 0.240 e. The number of nitrogens with zero attached hydrogens (tertiary/aromatic N) is 1. The van der Waals surface area contributed by atoms with E-state index in [2.05, 4.69) is 15.7 Å². The van der Waals surface area contributed by atoms with Crippen molar-refractivity contribution in [3.8, 4) is 5.75 Å². The van der Waals surface area contributed by atoms with Crippen LogP contribution in [0.5, 0.6) is 5.75 Å². The predicted octanol–water partition coefficient (Wildman–Crippen LogP) is 4.50. The molecule has 1 amide bonds. The number of carbonyl (C=O) groups is 1. The SMILES string of the molecule is CCC(CC)(CN1CCC(=C2c3ccc(F)cc3COc3ccccc32)CC1)C(=O)NS(C)(=O)=O. The molecule has 1 saturated heterocycles. The van der Waals surface area contributed by atoms with Crippen LogP contribution < -0.4 is 9.46 Å². The third-order valence-corrected chi connectivity index (χ3v) is 7.89. The summed E-state index contributed by atoms with van der Waals surface area (Å²) in [5, 5.41) is 0. The van der Waals surface area contributed by atoms with Gasteiger partial charge in [-0.1, -0.05) is 43.7 Å². The molecule has 2 aromatic rings. The van der Waals surface area contributed by atoms with E-state index in [0.717, 1.165) is 60.2 Å². The number of fused-ring (bicyclic) bond motifs is 2. The van der Waals surface area contributed by atoms with Crippen LogP contribution in [0.4, 0.5) is 4.39 Å². The van der Waals surface area contributed by atoms with E-state index in [1.54, 1.807) is 6.07 Å². The second kappa shape index (κ2) is 10.1. The van der Waals surface area contributed by atoms with Crippen molar-refractivity contribution >= 4 is 21.5 Å². The van der Waals surface area contributed by atoms with Gasteiger partial charge in [-0.05, 0) is 55.0 Å². The van der Waals surface area contributed by atoms with E-state index in [-0.39, 0.29) is 5.82 Å². The lowest BCUT2D eigenvalue weighted by atomic mass is 9.80. The second-order valence-electron chi connectivity index (χ2n) is 9.53. The molecule has 0 spiro atoms. The summed E-state index contributed by atoms with van der Waals surface area (Å²) >= 11 is 0. The Labute approximate surface area is 207 Å². The summed E-state index contributed by atoms with van der Waals surface area (Å²) in [6, 6.07) is 12.8. The number of piperidine rings is 1. The number of halogens is 1. The Balaban J connectivity index is 1.62. The largest absolute Gasteiger partial charge is 0.488 e. The smallest absolute Gasteiger partial charge is 0.240 e. The van der Waals surface area contributed by atoms with Crippen LogP contribution >= 0.6 is 0 Å². The van der Waals surface area contributed by atoms with E-state index < -0.39 is 21.3 Å². The fourth-order valence-electron chi connectivity index (χ4n) is 5.21. The van der Waals surface area contributed by atoms with Crippen molar-refractivity contribution < 1.29 is 22.3 Å². The fourth-order valence-corrected chi connectivity index (χ4v) is 5.76. The number of amides is 1. The zero-order valence-corrected chi connectivity index (χ0v) is 21.4.